The van der Waals surface area contributed by atoms with Crippen LogP contribution in [-0.4, -0.2) is 35.4 Å². The summed E-state index contributed by atoms with van der Waals surface area (Å²) in [6, 6.07) is 5.26. The molecule has 0 radical (unpaired) electrons. The second-order valence-electron chi connectivity index (χ2n) is 6.27. The highest BCUT2D eigenvalue weighted by Crippen LogP contribution is 2.17. The molecule has 1 unspecified atom stereocenters. The number of nitrogens with zero attached hydrogens (tertiary/aromatic N) is 6. The number of imidazole rings is 1. The number of aromatic nitrogens is 6. The van der Waals surface area contributed by atoms with E-state index >= 15 is 0 Å². The number of nitrogens with one attached hydrogen (secondary N) is 1. The smallest absolute Gasteiger partial charge is 0.233 e. The van der Waals surface area contributed by atoms with Crippen molar-refractivity contribution in [1.82, 2.24) is 34.8 Å². The van der Waals surface area contributed by atoms with Gasteiger partial charge in [-0.15, -0.1) is 0 Å². The molecule has 0 aliphatic heterocycles. The van der Waals surface area contributed by atoms with E-state index in [1.54, 1.807) is 30.7 Å². The third-order valence-electron chi connectivity index (χ3n) is 4.33. The minimum atomic E-state index is -0.177. The van der Waals surface area contributed by atoms with Crippen LogP contribution in [0.1, 0.15) is 37.4 Å². The summed E-state index contributed by atoms with van der Waals surface area (Å²) in [6.45, 7) is 2.00. The van der Waals surface area contributed by atoms with Gasteiger partial charge in [-0.2, -0.15) is 4.98 Å². The highest BCUT2D eigenvalue weighted by molar-refractivity contribution is 5.76. The van der Waals surface area contributed by atoms with Crippen molar-refractivity contribution in [3.8, 4) is 11.4 Å². The molecule has 4 aromatic rings. The van der Waals surface area contributed by atoms with Crippen molar-refractivity contribution in [1.29, 1.82) is 0 Å². The zero-order valence-electron chi connectivity index (χ0n) is 15.3. The Bertz CT molecular complexity index is 1040. The Labute approximate surface area is 160 Å². The molecule has 4 heterocycles. The maximum atomic E-state index is 12.4. The molecule has 28 heavy (non-hydrogen) atoms. The van der Waals surface area contributed by atoms with Gasteiger partial charge in [-0.3, -0.25) is 14.2 Å². The first-order chi connectivity index (χ1) is 13.7. The van der Waals surface area contributed by atoms with Crippen molar-refractivity contribution >= 4 is 11.7 Å². The fraction of sp³-hybridized carbons (Fsp3) is 0.263. The molecule has 9 heteroatoms. The van der Waals surface area contributed by atoms with Crippen LogP contribution in [0.4, 0.5) is 0 Å². The van der Waals surface area contributed by atoms with Crippen LogP contribution in [0.5, 0.6) is 0 Å². The molecule has 4 rings (SSSR count). The third kappa shape index (κ3) is 3.88. The summed E-state index contributed by atoms with van der Waals surface area (Å²) in [5.74, 6) is 1.42. The molecule has 4 aromatic heterocycles. The zero-order chi connectivity index (χ0) is 19.3. The van der Waals surface area contributed by atoms with E-state index in [0.29, 0.717) is 23.9 Å². The van der Waals surface area contributed by atoms with E-state index in [-0.39, 0.29) is 18.4 Å². The van der Waals surface area contributed by atoms with Crippen LogP contribution < -0.4 is 5.32 Å². The predicted molar refractivity (Wildman–Crippen MR) is 100 cm³/mol. The van der Waals surface area contributed by atoms with Crippen LogP contribution >= 0.6 is 0 Å². The summed E-state index contributed by atoms with van der Waals surface area (Å²) >= 11 is 0. The number of fused-ring (bicyclic) bond motifs is 1. The van der Waals surface area contributed by atoms with Gasteiger partial charge in [0.25, 0.3) is 0 Å². The molecule has 0 aliphatic rings. The summed E-state index contributed by atoms with van der Waals surface area (Å²) in [5.41, 5.74) is 1.60. The molecule has 1 atom stereocenters. The maximum Gasteiger partial charge on any atom is 0.233 e. The second kappa shape index (κ2) is 7.95. The van der Waals surface area contributed by atoms with E-state index in [1.165, 1.54) is 0 Å². The van der Waals surface area contributed by atoms with Crippen LogP contribution in [0.2, 0.25) is 0 Å². The van der Waals surface area contributed by atoms with Crippen LogP contribution in [0.25, 0.3) is 17.2 Å². The van der Waals surface area contributed by atoms with E-state index in [9.17, 15) is 4.79 Å². The summed E-state index contributed by atoms with van der Waals surface area (Å²) in [5, 5.41) is 6.96. The Balaban J connectivity index is 1.36. The number of rotatable bonds is 7. The van der Waals surface area contributed by atoms with Crippen LogP contribution in [0.3, 0.4) is 0 Å². The number of carbonyl (C=O) groups is 1. The Morgan fingerprint density at radius 3 is 2.89 bits per heavy atom. The first-order valence-corrected chi connectivity index (χ1v) is 9.05. The lowest BCUT2D eigenvalue weighted by atomic mass is 10.1. The Hall–Kier alpha value is -3.62. The molecule has 0 aromatic carbocycles. The van der Waals surface area contributed by atoms with Crippen molar-refractivity contribution in [2.45, 2.75) is 32.2 Å². The SMILES string of the molecule is CCC(NC(=O)CCc1nc(-c2ccncc2)no1)c1cn2cccnc2n1. The van der Waals surface area contributed by atoms with Crippen LogP contribution in [0.15, 0.2) is 53.7 Å². The molecule has 0 aliphatic carbocycles. The van der Waals surface area contributed by atoms with Gasteiger partial charge >= 0.3 is 0 Å². The zero-order valence-corrected chi connectivity index (χ0v) is 15.3. The fourth-order valence-corrected chi connectivity index (χ4v) is 2.86. The number of hydrogen-bond donors (Lipinski definition) is 1. The third-order valence-corrected chi connectivity index (χ3v) is 4.33. The van der Waals surface area contributed by atoms with Gasteiger partial charge in [0, 0.05) is 49.4 Å². The average Bonchev–Trinajstić information content (AvgIpc) is 3.38. The summed E-state index contributed by atoms with van der Waals surface area (Å²) in [6.07, 6.45) is 10.1. The van der Waals surface area contributed by atoms with Gasteiger partial charge in [-0.05, 0) is 24.6 Å². The number of pyridine rings is 1. The number of hydrogen-bond acceptors (Lipinski definition) is 7. The topological polar surface area (TPSA) is 111 Å². The molecule has 0 fully saturated rings. The highest BCUT2D eigenvalue weighted by Gasteiger charge is 2.17. The van der Waals surface area contributed by atoms with Gasteiger partial charge in [-0.1, -0.05) is 12.1 Å². The van der Waals surface area contributed by atoms with E-state index in [1.807, 2.05) is 29.8 Å². The standard InChI is InChI=1S/C19H19N7O2/c1-2-14(15-12-26-11-3-8-21-19(26)23-15)22-16(27)4-5-17-24-18(25-28-17)13-6-9-20-10-7-13/h3,6-12,14H,2,4-5H2,1H3,(H,22,27). The lowest BCUT2D eigenvalue weighted by Crippen LogP contribution is -2.28. The first kappa shape index (κ1) is 17.8. The fourth-order valence-electron chi connectivity index (χ4n) is 2.86. The molecule has 0 spiro atoms. The van der Waals surface area contributed by atoms with E-state index in [4.69, 9.17) is 4.52 Å². The van der Waals surface area contributed by atoms with Gasteiger partial charge in [-0.25, -0.2) is 9.97 Å². The Morgan fingerprint density at radius 1 is 1.25 bits per heavy atom. The molecule has 0 bridgehead atoms. The molecule has 9 nitrogen and oxygen atoms in total. The van der Waals surface area contributed by atoms with Crippen molar-refractivity contribution in [2.75, 3.05) is 0 Å². The van der Waals surface area contributed by atoms with Crippen molar-refractivity contribution in [3.05, 3.63) is 60.8 Å². The van der Waals surface area contributed by atoms with Crippen molar-refractivity contribution in [2.24, 2.45) is 0 Å². The highest BCUT2D eigenvalue weighted by atomic mass is 16.5. The van der Waals surface area contributed by atoms with Crippen molar-refractivity contribution < 1.29 is 9.32 Å². The van der Waals surface area contributed by atoms with E-state index < -0.39 is 0 Å². The lowest BCUT2D eigenvalue weighted by molar-refractivity contribution is -0.122. The first-order valence-electron chi connectivity index (χ1n) is 9.05. The molecule has 1 amide bonds. The van der Waals surface area contributed by atoms with E-state index in [2.05, 4.69) is 30.4 Å². The summed E-state index contributed by atoms with van der Waals surface area (Å²) in [4.78, 5) is 29.4. The van der Waals surface area contributed by atoms with Gasteiger partial charge in [0.05, 0.1) is 11.7 Å². The molecular weight excluding hydrogens is 358 g/mol. The Morgan fingerprint density at radius 2 is 2.11 bits per heavy atom. The number of aryl methyl sites for hydroxylation is 1. The number of carbonyl (C=O) groups excluding carboxylic acids is 1. The predicted octanol–water partition coefficient (Wildman–Crippen LogP) is 2.37. The van der Waals surface area contributed by atoms with Gasteiger partial charge < -0.3 is 9.84 Å². The van der Waals surface area contributed by atoms with Gasteiger partial charge in [0.15, 0.2) is 0 Å². The normalized spacial score (nSPS) is 12.2. The van der Waals surface area contributed by atoms with Crippen LogP contribution in [0, 0.1) is 0 Å². The quantitative estimate of drug-likeness (QED) is 0.526. The van der Waals surface area contributed by atoms with Gasteiger partial charge in [0.2, 0.25) is 23.4 Å². The summed E-state index contributed by atoms with van der Waals surface area (Å²) in [7, 11) is 0. The summed E-state index contributed by atoms with van der Waals surface area (Å²) < 4.78 is 7.08. The Kier molecular flexibility index (Phi) is 5.05. The van der Waals surface area contributed by atoms with Crippen molar-refractivity contribution in [3.63, 3.8) is 0 Å². The number of amides is 1. The maximum absolute atomic E-state index is 12.4. The minimum absolute atomic E-state index is 0.0967. The van der Waals surface area contributed by atoms with Gasteiger partial charge in [0.1, 0.15) is 0 Å². The minimum Gasteiger partial charge on any atom is -0.348 e. The largest absolute Gasteiger partial charge is 0.348 e. The molecule has 142 valence electrons. The lowest BCUT2D eigenvalue weighted by Gasteiger charge is -2.14. The van der Waals surface area contributed by atoms with E-state index in [0.717, 1.165) is 17.7 Å². The second-order valence-corrected chi connectivity index (χ2v) is 6.27. The molecule has 0 saturated heterocycles. The molecule has 1 N–H and O–H groups in total. The van der Waals surface area contributed by atoms with Crippen LogP contribution in [-0.2, 0) is 11.2 Å². The average molecular weight is 377 g/mol. The molecular formula is C19H19N7O2. The molecule has 0 saturated carbocycles. The monoisotopic (exact) mass is 377 g/mol.